The molecule has 0 aliphatic heterocycles. The lowest BCUT2D eigenvalue weighted by atomic mass is 10.1. The van der Waals surface area contributed by atoms with Gasteiger partial charge in [0.1, 0.15) is 5.82 Å². The normalized spacial score (nSPS) is 11.0. The Morgan fingerprint density at radius 1 is 1.00 bits per heavy atom. The summed E-state index contributed by atoms with van der Waals surface area (Å²) in [6, 6.07) is 18.1. The monoisotopic (exact) mass is 335 g/mol. The highest BCUT2D eigenvalue weighted by Gasteiger charge is 2.17. The van der Waals surface area contributed by atoms with E-state index in [4.69, 9.17) is 0 Å². The second kappa shape index (κ2) is 6.06. The van der Waals surface area contributed by atoms with Crippen molar-refractivity contribution in [1.82, 2.24) is 4.57 Å². The van der Waals surface area contributed by atoms with Gasteiger partial charge < -0.3 is 4.57 Å². The Labute approximate surface area is 142 Å². The molecule has 0 bridgehead atoms. The number of ketones is 1. The van der Waals surface area contributed by atoms with Gasteiger partial charge in [0.05, 0.1) is 4.88 Å². The molecule has 24 heavy (non-hydrogen) atoms. The molecule has 0 fully saturated rings. The molecular formula is C20H14FNOS. The number of thiophene rings is 1. The zero-order valence-electron chi connectivity index (χ0n) is 12.8. The number of halogens is 1. The Bertz CT molecular complexity index is 1000. The standard InChI is InChI=1S/C20H14FNOS/c21-15-9-7-14(8-10-15)12-22-13-17(16-4-1-2-5-18(16)22)20(23)19-6-3-11-24-19/h1-11,13H,12H2. The largest absolute Gasteiger partial charge is 0.342 e. The summed E-state index contributed by atoms with van der Waals surface area (Å²) in [6.07, 6.45) is 1.90. The van der Waals surface area contributed by atoms with Gasteiger partial charge in [0.2, 0.25) is 5.78 Å². The minimum atomic E-state index is -0.246. The van der Waals surface area contributed by atoms with Crippen molar-refractivity contribution in [2.45, 2.75) is 6.54 Å². The maximum Gasteiger partial charge on any atom is 0.205 e. The summed E-state index contributed by atoms with van der Waals surface area (Å²) >= 11 is 1.45. The van der Waals surface area contributed by atoms with Crippen molar-refractivity contribution in [1.29, 1.82) is 0 Å². The molecule has 0 saturated carbocycles. The smallest absolute Gasteiger partial charge is 0.205 e. The van der Waals surface area contributed by atoms with Crippen LogP contribution in [0.1, 0.15) is 20.8 Å². The molecular weight excluding hydrogens is 321 g/mol. The summed E-state index contributed by atoms with van der Waals surface area (Å²) in [6.45, 7) is 0.596. The first kappa shape index (κ1) is 14.8. The number of carbonyl (C=O) groups is 1. The summed E-state index contributed by atoms with van der Waals surface area (Å²) in [7, 11) is 0. The van der Waals surface area contributed by atoms with Gasteiger partial charge in [0, 0.05) is 29.2 Å². The molecule has 0 aliphatic carbocycles. The third-order valence-electron chi connectivity index (χ3n) is 4.04. The van der Waals surface area contributed by atoms with Crippen molar-refractivity contribution in [3.63, 3.8) is 0 Å². The second-order valence-corrected chi connectivity index (χ2v) is 6.57. The van der Waals surface area contributed by atoms with Crippen LogP contribution in [0.3, 0.4) is 0 Å². The first-order valence-corrected chi connectivity index (χ1v) is 8.51. The summed E-state index contributed by atoms with van der Waals surface area (Å²) in [5.41, 5.74) is 2.70. The molecule has 4 rings (SSSR count). The summed E-state index contributed by atoms with van der Waals surface area (Å²) in [5.74, 6) is -0.205. The van der Waals surface area contributed by atoms with E-state index in [1.165, 1.54) is 23.5 Å². The quantitative estimate of drug-likeness (QED) is 0.474. The first-order valence-electron chi connectivity index (χ1n) is 7.63. The van der Waals surface area contributed by atoms with Crippen molar-refractivity contribution in [3.05, 3.63) is 94.1 Å². The van der Waals surface area contributed by atoms with E-state index in [9.17, 15) is 9.18 Å². The van der Waals surface area contributed by atoms with Crippen molar-refractivity contribution < 1.29 is 9.18 Å². The van der Waals surface area contributed by atoms with Gasteiger partial charge in [-0.1, -0.05) is 36.4 Å². The van der Waals surface area contributed by atoms with Gasteiger partial charge in [-0.25, -0.2) is 4.39 Å². The molecule has 0 spiro atoms. The SMILES string of the molecule is O=C(c1cccs1)c1cn(Cc2ccc(F)cc2)c2ccccc12. The number of nitrogens with zero attached hydrogens (tertiary/aromatic N) is 1. The second-order valence-electron chi connectivity index (χ2n) is 5.62. The number of hydrogen-bond donors (Lipinski definition) is 0. The number of carbonyl (C=O) groups excluding carboxylic acids is 1. The predicted molar refractivity (Wildman–Crippen MR) is 95.2 cm³/mol. The van der Waals surface area contributed by atoms with Crippen molar-refractivity contribution in [3.8, 4) is 0 Å². The number of rotatable bonds is 4. The fraction of sp³-hybridized carbons (Fsp3) is 0.0500. The van der Waals surface area contributed by atoms with Crippen molar-refractivity contribution >= 4 is 28.0 Å². The number of para-hydroxylation sites is 1. The Balaban J connectivity index is 1.79. The van der Waals surface area contributed by atoms with E-state index >= 15 is 0 Å². The van der Waals surface area contributed by atoms with Gasteiger partial charge >= 0.3 is 0 Å². The lowest BCUT2D eigenvalue weighted by Crippen LogP contribution is -1.99. The Morgan fingerprint density at radius 3 is 2.54 bits per heavy atom. The molecule has 0 amide bonds. The lowest BCUT2D eigenvalue weighted by Gasteiger charge is -2.05. The third-order valence-corrected chi connectivity index (χ3v) is 4.91. The number of fused-ring (bicyclic) bond motifs is 1. The lowest BCUT2D eigenvalue weighted by molar-refractivity contribution is 0.104. The van der Waals surface area contributed by atoms with Crippen molar-refractivity contribution in [2.75, 3.05) is 0 Å². The van der Waals surface area contributed by atoms with Gasteiger partial charge in [-0.15, -0.1) is 11.3 Å². The Morgan fingerprint density at radius 2 is 1.79 bits per heavy atom. The minimum absolute atomic E-state index is 0.0408. The highest BCUT2D eigenvalue weighted by atomic mass is 32.1. The maximum absolute atomic E-state index is 13.1. The molecule has 0 radical (unpaired) electrons. The maximum atomic E-state index is 13.1. The van der Waals surface area contributed by atoms with Crippen LogP contribution >= 0.6 is 11.3 Å². The van der Waals surface area contributed by atoms with Gasteiger partial charge in [0.25, 0.3) is 0 Å². The fourth-order valence-electron chi connectivity index (χ4n) is 2.89. The number of hydrogen-bond acceptors (Lipinski definition) is 2. The molecule has 2 heterocycles. The van der Waals surface area contributed by atoms with E-state index in [0.29, 0.717) is 12.1 Å². The van der Waals surface area contributed by atoms with Crippen LogP contribution in [0.15, 0.2) is 72.2 Å². The van der Waals surface area contributed by atoms with E-state index in [0.717, 1.165) is 21.3 Å². The fourth-order valence-corrected chi connectivity index (χ4v) is 3.56. The predicted octanol–water partition coefficient (Wildman–Crippen LogP) is 5.12. The van der Waals surface area contributed by atoms with Crippen LogP contribution in [0.25, 0.3) is 10.9 Å². The topological polar surface area (TPSA) is 22.0 Å². The molecule has 0 N–H and O–H groups in total. The van der Waals surface area contributed by atoms with Gasteiger partial charge in [-0.3, -0.25) is 4.79 Å². The molecule has 4 aromatic rings. The number of benzene rings is 2. The molecule has 4 heteroatoms. The van der Waals surface area contributed by atoms with Crippen LogP contribution in [0.2, 0.25) is 0 Å². The zero-order valence-corrected chi connectivity index (χ0v) is 13.6. The molecule has 2 aromatic carbocycles. The van der Waals surface area contributed by atoms with E-state index in [2.05, 4.69) is 0 Å². The summed E-state index contributed by atoms with van der Waals surface area (Å²) in [5, 5.41) is 2.85. The van der Waals surface area contributed by atoms with Crippen LogP contribution in [0, 0.1) is 5.82 Å². The molecule has 2 aromatic heterocycles. The van der Waals surface area contributed by atoms with E-state index < -0.39 is 0 Å². The average molecular weight is 335 g/mol. The van der Waals surface area contributed by atoms with E-state index in [1.54, 1.807) is 12.1 Å². The minimum Gasteiger partial charge on any atom is -0.342 e. The van der Waals surface area contributed by atoms with Crippen LogP contribution in [0.4, 0.5) is 4.39 Å². The first-order chi connectivity index (χ1) is 11.7. The van der Waals surface area contributed by atoms with Crippen LogP contribution in [0.5, 0.6) is 0 Å². The average Bonchev–Trinajstić information content (AvgIpc) is 3.25. The summed E-state index contributed by atoms with van der Waals surface area (Å²) < 4.78 is 15.1. The Kier molecular flexibility index (Phi) is 3.75. The van der Waals surface area contributed by atoms with Crippen molar-refractivity contribution in [2.24, 2.45) is 0 Å². The van der Waals surface area contributed by atoms with E-state index in [-0.39, 0.29) is 11.6 Å². The van der Waals surface area contributed by atoms with E-state index in [1.807, 2.05) is 52.5 Å². The molecule has 0 aliphatic rings. The van der Waals surface area contributed by atoms with Gasteiger partial charge in [0.15, 0.2) is 0 Å². The molecule has 0 unspecified atom stereocenters. The van der Waals surface area contributed by atoms with Crippen LogP contribution in [-0.2, 0) is 6.54 Å². The van der Waals surface area contributed by atoms with Gasteiger partial charge in [-0.05, 0) is 35.2 Å². The molecule has 0 atom stereocenters. The van der Waals surface area contributed by atoms with Crippen LogP contribution < -0.4 is 0 Å². The molecule has 2 nitrogen and oxygen atoms in total. The van der Waals surface area contributed by atoms with Crippen LogP contribution in [-0.4, -0.2) is 10.4 Å². The molecule has 0 saturated heterocycles. The third kappa shape index (κ3) is 2.65. The Hall–Kier alpha value is -2.72. The van der Waals surface area contributed by atoms with Gasteiger partial charge in [-0.2, -0.15) is 0 Å². The summed E-state index contributed by atoms with van der Waals surface area (Å²) in [4.78, 5) is 13.5. The highest BCUT2D eigenvalue weighted by Crippen LogP contribution is 2.26. The number of aromatic nitrogens is 1. The zero-order chi connectivity index (χ0) is 16.5. The highest BCUT2D eigenvalue weighted by molar-refractivity contribution is 7.12. The molecule has 118 valence electrons.